The summed E-state index contributed by atoms with van der Waals surface area (Å²) < 4.78 is 0. The van der Waals surface area contributed by atoms with Crippen LogP contribution in [0.25, 0.3) is 0 Å². The molecule has 0 unspecified atom stereocenters. The third-order valence-corrected chi connectivity index (χ3v) is 1.39. The topological polar surface area (TPSA) is 38.0 Å². The Morgan fingerprint density at radius 2 is 1.90 bits per heavy atom. The highest BCUT2D eigenvalue weighted by Gasteiger charge is 2.19. The lowest BCUT2D eigenvalue weighted by Crippen LogP contribution is -2.19. The zero-order valence-corrected chi connectivity index (χ0v) is 7.64. The maximum atomic E-state index is 5.30. The molecule has 0 saturated heterocycles. The molecule has 1 aliphatic carbocycles. The molecule has 10 heavy (non-hydrogen) atoms. The molecule has 2 nitrogen and oxygen atoms in total. The van der Waals surface area contributed by atoms with Gasteiger partial charge in [-0.1, -0.05) is 0 Å². The highest BCUT2D eigenvalue weighted by molar-refractivity contribution is 5.85. The second-order valence-corrected chi connectivity index (χ2v) is 2.37. The van der Waals surface area contributed by atoms with Gasteiger partial charge in [-0.05, 0) is 32.4 Å². The normalized spacial score (nSPS) is 15.3. The summed E-state index contributed by atoms with van der Waals surface area (Å²) in [6.07, 6.45) is 3.88. The fraction of sp³-hybridized carbons (Fsp3) is 1.00. The molecule has 0 radical (unpaired) electrons. The van der Waals surface area contributed by atoms with E-state index in [1.54, 1.807) is 0 Å². The third-order valence-electron chi connectivity index (χ3n) is 1.39. The molecule has 3 N–H and O–H groups in total. The van der Waals surface area contributed by atoms with Gasteiger partial charge in [0, 0.05) is 6.04 Å². The van der Waals surface area contributed by atoms with Crippen LogP contribution >= 0.6 is 24.8 Å². The maximum absolute atomic E-state index is 5.30. The molecular weight excluding hydrogens is 171 g/mol. The smallest absolute Gasteiger partial charge is 0.00682 e. The van der Waals surface area contributed by atoms with Crippen molar-refractivity contribution >= 4 is 24.8 Å². The van der Waals surface area contributed by atoms with E-state index in [2.05, 4.69) is 5.32 Å². The van der Waals surface area contributed by atoms with Gasteiger partial charge in [-0.3, -0.25) is 0 Å². The van der Waals surface area contributed by atoms with E-state index in [4.69, 9.17) is 5.73 Å². The molecule has 0 aromatic rings. The van der Waals surface area contributed by atoms with Gasteiger partial charge in [0.2, 0.25) is 0 Å². The van der Waals surface area contributed by atoms with Crippen molar-refractivity contribution in [2.45, 2.75) is 25.3 Å². The van der Waals surface area contributed by atoms with Crippen LogP contribution in [0.1, 0.15) is 19.3 Å². The van der Waals surface area contributed by atoms with Crippen LogP contribution in [-0.2, 0) is 0 Å². The van der Waals surface area contributed by atoms with Crippen LogP contribution in [0.3, 0.4) is 0 Å². The summed E-state index contributed by atoms with van der Waals surface area (Å²) in [5, 5.41) is 3.38. The summed E-state index contributed by atoms with van der Waals surface area (Å²) in [6, 6.07) is 0.849. The molecule has 0 bridgehead atoms. The number of halogens is 2. The first-order chi connectivity index (χ1) is 3.93. The Hall–Kier alpha value is 0.500. The highest BCUT2D eigenvalue weighted by atomic mass is 35.5. The molecule has 1 rings (SSSR count). The van der Waals surface area contributed by atoms with Crippen LogP contribution in [0.5, 0.6) is 0 Å². The second-order valence-electron chi connectivity index (χ2n) is 2.37. The maximum Gasteiger partial charge on any atom is 0.00682 e. The van der Waals surface area contributed by atoms with E-state index < -0.39 is 0 Å². The Bertz CT molecular complexity index is 66.8. The van der Waals surface area contributed by atoms with Crippen LogP contribution in [0, 0.1) is 0 Å². The number of nitrogens with one attached hydrogen (secondary N) is 1. The average Bonchev–Trinajstić information content (AvgIpc) is 2.51. The molecule has 1 fully saturated rings. The van der Waals surface area contributed by atoms with E-state index in [0.717, 1.165) is 25.6 Å². The quantitative estimate of drug-likeness (QED) is 0.642. The van der Waals surface area contributed by atoms with Gasteiger partial charge in [0.05, 0.1) is 0 Å². The Kier molecular flexibility index (Phi) is 9.97. The van der Waals surface area contributed by atoms with Gasteiger partial charge in [-0.2, -0.15) is 0 Å². The van der Waals surface area contributed by atoms with Crippen LogP contribution in [0.15, 0.2) is 0 Å². The Morgan fingerprint density at radius 3 is 2.30 bits per heavy atom. The summed E-state index contributed by atoms with van der Waals surface area (Å²) in [4.78, 5) is 0. The number of rotatable bonds is 4. The first-order valence-corrected chi connectivity index (χ1v) is 3.37. The summed E-state index contributed by atoms with van der Waals surface area (Å²) >= 11 is 0. The molecule has 0 aliphatic heterocycles. The highest BCUT2D eigenvalue weighted by Crippen LogP contribution is 2.17. The monoisotopic (exact) mass is 186 g/mol. The van der Waals surface area contributed by atoms with Crippen molar-refractivity contribution in [2.24, 2.45) is 5.73 Å². The minimum Gasteiger partial charge on any atom is -0.330 e. The number of hydrogen-bond donors (Lipinski definition) is 2. The Balaban J connectivity index is 0. The van der Waals surface area contributed by atoms with Gasteiger partial charge < -0.3 is 11.1 Å². The Labute approximate surface area is 74.8 Å². The van der Waals surface area contributed by atoms with Gasteiger partial charge in [0.25, 0.3) is 0 Å². The lowest BCUT2D eigenvalue weighted by atomic mass is 10.4. The van der Waals surface area contributed by atoms with Gasteiger partial charge >= 0.3 is 0 Å². The SMILES string of the molecule is Cl.Cl.NCCCNC1CC1. The third kappa shape index (κ3) is 6.62. The fourth-order valence-electron chi connectivity index (χ4n) is 0.696. The van der Waals surface area contributed by atoms with E-state index in [-0.39, 0.29) is 24.8 Å². The molecule has 64 valence electrons. The van der Waals surface area contributed by atoms with Crippen molar-refractivity contribution in [2.75, 3.05) is 13.1 Å². The van der Waals surface area contributed by atoms with Crippen LogP contribution in [0.2, 0.25) is 0 Å². The minimum atomic E-state index is 0. The van der Waals surface area contributed by atoms with Crippen molar-refractivity contribution < 1.29 is 0 Å². The largest absolute Gasteiger partial charge is 0.330 e. The lowest BCUT2D eigenvalue weighted by molar-refractivity contribution is 0.651. The Morgan fingerprint density at radius 1 is 1.30 bits per heavy atom. The number of hydrogen-bond acceptors (Lipinski definition) is 2. The van der Waals surface area contributed by atoms with Crippen molar-refractivity contribution in [1.82, 2.24) is 5.32 Å². The molecule has 0 atom stereocenters. The fourth-order valence-corrected chi connectivity index (χ4v) is 0.696. The average molecular weight is 187 g/mol. The zero-order chi connectivity index (χ0) is 5.82. The molecule has 1 saturated carbocycles. The summed E-state index contributed by atoms with van der Waals surface area (Å²) in [6.45, 7) is 1.93. The van der Waals surface area contributed by atoms with E-state index in [1.807, 2.05) is 0 Å². The van der Waals surface area contributed by atoms with Gasteiger partial charge in [0.15, 0.2) is 0 Å². The first kappa shape index (κ1) is 13.1. The van der Waals surface area contributed by atoms with Gasteiger partial charge in [-0.25, -0.2) is 0 Å². The second kappa shape index (κ2) is 7.61. The molecule has 0 aromatic heterocycles. The molecule has 0 amide bonds. The molecular formula is C6H16Cl2N2. The van der Waals surface area contributed by atoms with Crippen molar-refractivity contribution in [3.8, 4) is 0 Å². The van der Waals surface area contributed by atoms with E-state index in [1.165, 1.54) is 12.8 Å². The van der Waals surface area contributed by atoms with Crippen LogP contribution in [0.4, 0.5) is 0 Å². The van der Waals surface area contributed by atoms with Crippen LogP contribution in [-0.4, -0.2) is 19.1 Å². The van der Waals surface area contributed by atoms with E-state index >= 15 is 0 Å². The van der Waals surface area contributed by atoms with Crippen molar-refractivity contribution in [3.05, 3.63) is 0 Å². The molecule has 0 heterocycles. The first-order valence-electron chi connectivity index (χ1n) is 3.37. The lowest BCUT2D eigenvalue weighted by Gasteiger charge is -1.97. The molecule has 1 aliphatic rings. The standard InChI is InChI=1S/C6H14N2.2ClH/c7-4-1-5-8-6-2-3-6;;/h6,8H,1-5,7H2;2*1H. The summed E-state index contributed by atoms with van der Waals surface area (Å²) in [5.41, 5.74) is 5.30. The molecule has 0 aromatic carbocycles. The van der Waals surface area contributed by atoms with Gasteiger partial charge in [-0.15, -0.1) is 24.8 Å². The van der Waals surface area contributed by atoms with Crippen LogP contribution < -0.4 is 11.1 Å². The summed E-state index contributed by atoms with van der Waals surface area (Å²) in [5.74, 6) is 0. The van der Waals surface area contributed by atoms with E-state index in [9.17, 15) is 0 Å². The van der Waals surface area contributed by atoms with Crippen molar-refractivity contribution in [1.29, 1.82) is 0 Å². The van der Waals surface area contributed by atoms with Gasteiger partial charge in [0.1, 0.15) is 0 Å². The predicted molar refractivity (Wildman–Crippen MR) is 49.2 cm³/mol. The van der Waals surface area contributed by atoms with Crippen molar-refractivity contribution in [3.63, 3.8) is 0 Å². The number of nitrogens with two attached hydrogens (primary N) is 1. The zero-order valence-electron chi connectivity index (χ0n) is 6.01. The molecule has 4 heteroatoms. The van der Waals surface area contributed by atoms with E-state index in [0.29, 0.717) is 0 Å². The molecule has 0 spiro atoms. The minimum absolute atomic E-state index is 0. The predicted octanol–water partition coefficient (Wildman–Crippen LogP) is 0.931. The summed E-state index contributed by atoms with van der Waals surface area (Å²) in [7, 11) is 0.